The molecule has 2 atom stereocenters. The summed E-state index contributed by atoms with van der Waals surface area (Å²) < 4.78 is 0. The Labute approximate surface area is 112 Å². The third kappa shape index (κ3) is 6.01. The Kier molecular flexibility index (Phi) is 6.91. The van der Waals surface area contributed by atoms with Crippen LogP contribution in [0.1, 0.15) is 0 Å². The van der Waals surface area contributed by atoms with E-state index in [9.17, 15) is 0 Å². The monoisotopic (exact) mass is 302 g/mol. The van der Waals surface area contributed by atoms with Gasteiger partial charge in [-0.25, -0.2) is 0 Å². The predicted molar refractivity (Wildman–Crippen MR) is 83.3 cm³/mol. The van der Waals surface area contributed by atoms with Crippen LogP contribution in [0.2, 0.25) is 39.3 Å². The zero-order valence-corrected chi connectivity index (χ0v) is 15.1. The Morgan fingerprint density at radius 2 is 1.07 bits per heavy atom. The van der Waals surface area contributed by atoms with Gasteiger partial charge in [0.25, 0.3) is 0 Å². The molecule has 0 aliphatic heterocycles. The number of hydrogen-bond acceptors (Lipinski definition) is 1. The molecule has 92 valence electrons. The summed E-state index contributed by atoms with van der Waals surface area (Å²) in [6.07, 6.45) is 0. The van der Waals surface area contributed by atoms with Crippen LogP contribution in [0.15, 0.2) is 0 Å². The first kappa shape index (κ1) is 16.4. The summed E-state index contributed by atoms with van der Waals surface area (Å²) in [7, 11) is -2.30. The van der Waals surface area contributed by atoms with Crippen molar-refractivity contribution < 1.29 is 0 Å². The summed E-state index contributed by atoms with van der Waals surface area (Å²) in [6, 6.07) is 0. The molecular formula is C10H24Cl2SSi2. The minimum Gasteiger partial charge on any atom is -0.159 e. The topological polar surface area (TPSA) is 0 Å². The van der Waals surface area contributed by atoms with Gasteiger partial charge in [0.2, 0.25) is 0 Å². The average Bonchev–Trinajstić information content (AvgIpc) is 2.01. The minimum absolute atomic E-state index is 0.634. The quantitative estimate of drug-likeness (QED) is 0.507. The summed E-state index contributed by atoms with van der Waals surface area (Å²) in [5.41, 5.74) is 0. The van der Waals surface area contributed by atoms with Gasteiger partial charge in [-0.15, -0.1) is 23.2 Å². The van der Waals surface area contributed by atoms with Gasteiger partial charge in [0.1, 0.15) is 0 Å². The maximum absolute atomic E-state index is 6.09. The van der Waals surface area contributed by atoms with Crippen LogP contribution in [0.4, 0.5) is 0 Å². The van der Waals surface area contributed by atoms with Crippen molar-refractivity contribution in [3.63, 3.8) is 0 Å². The molecule has 0 heterocycles. The first-order chi connectivity index (χ1) is 6.62. The molecule has 0 aromatic rings. The molecular weight excluding hydrogens is 279 g/mol. The van der Waals surface area contributed by atoms with E-state index in [4.69, 9.17) is 23.2 Å². The van der Waals surface area contributed by atoms with Crippen molar-refractivity contribution in [1.29, 1.82) is 0 Å². The van der Waals surface area contributed by atoms with Crippen LogP contribution < -0.4 is 0 Å². The van der Waals surface area contributed by atoms with Gasteiger partial charge in [-0.2, -0.15) is 11.8 Å². The minimum atomic E-state index is -1.15. The van der Waals surface area contributed by atoms with Gasteiger partial charge >= 0.3 is 0 Å². The first-order valence-corrected chi connectivity index (χ1v) is 14.6. The van der Waals surface area contributed by atoms with E-state index >= 15 is 0 Å². The molecule has 0 radical (unpaired) electrons. The summed E-state index contributed by atoms with van der Waals surface area (Å²) >= 11 is 14.2. The highest BCUT2D eigenvalue weighted by Crippen LogP contribution is 2.32. The van der Waals surface area contributed by atoms with Crippen molar-refractivity contribution in [2.24, 2.45) is 0 Å². The molecule has 0 N–H and O–H groups in total. The Hall–Kier alpha value is 1.36. The number of rotatable bonds is 6. The Morgan fingerprint density at radius 3 is 1.20 bits per heavy atom. The lowest BCUT2D eigenvalue weighted by atomic mass is 10.9. The zero-order valence-electron chi connectivity index (χ0n) is 10.7. The second-order valence-corrected chi connectivity index (χ2v) is 19.9. The van der Waals surface area contributed by atoms with Crippen molar-refractivity contribution in [2.75, 3.05) is 11.8 Å². The fourth-order valence-corrected chi connectivity index (χ4v) is 10.5. The largest absolute Gasteiger partial charge is 0.159 e. The highest BCUT2D eigenvalue weighted by Gasteiger charge is 2.34. The molecule has 0 saturated heterocycles. The van der Waals surface area contributed by atoms with Crippen LogP contribution in [-0.2, 0) is 0 Å². The van der Waals surface area contributed by atoms with Gasteiger partial charge in [0.15, 0.2) is 0 Å². The van der Waals surface area contributed by atoms with E-state index in [1.807, 2.05) is 0 Å². The van der Waals surface area contributed by atoms with Gasteiger partial charge in [-0.3, -0.25) is 0 Å². The maximum atomic E-state index is 6.09. The van der Waals surface area contributed by atoms with Crippen LogP contribution in [0, 0.1) is 0 Å². The third-order valence-corrected chi connectivity index (χ3v) is 14.4. The number of halogens is 2. The molecule has 0 bridgehead atoms. The molecule has 5 heteroatoms. The summed E-state index contributed by atoms with van der Waals surface area (Å²) in [5.74, 6) is 1.55. The fraction of sp³-hybridized carbons (Fsp3) is 1.00. The molecule has 2 unspecified atom stereocenters. The first-order valence-electron chi connectivity index (χ1n) is 5.40. The predicted octanol–water partition coefficient (Wildman–Crippen LogP) is 4.69. The van der Waals surface area contributed by atoms with Crippen molar-refractivity contribution in [1.82, 2.24) is 0 Å². The molecule has 15 heavy (non-hydrogen) atoms. The van der Waals surface area contributed by atoms with Crippen molar-refractivity contribution >= 4 is 51.1 Å². The molecule has 0 saturated carbocycles. The molecule has 0 aliphatic carbocycles. The third-order valence-electron chi connectivity index (χ3n) is 2.54. The second kappa shape index (κ2) is 6.34. The van der Waals surface area contributed by atoms with Crippen LogP contribution in [-0.4, -0.2) is 37.7 Å². The van der Waals surface area contributed by atoms with Crippen LogP contribution in [0.5, 0.6) is 0 Å². The number of alkyl halides is 2. The van der Waals surface area contributed by atoms with E-state index < -0.39 is 16.1 Å². The molecule has 0 fully saturated rings. The van der Waals surface area contributed by atoms with Crippen LogP contribution in [0.3, 0.4) is 0 Å². The van der Waals surface area contributed by atoms with Gasteiger partial charge < -0.3 is 0 Å². The number of thioether (sulfide) groups is 1. The van der Waals surface area contributed by atoms with Crippen molar-refractivity contribution in [3.05, 3.63) is 0 Å². The highest BCUT2D eigenvalue weighted by atomic mass is 35.5. The Balaban J connectivity index is 4.52. The van der Waals surface area contributed by atoms with Crippen molar-refractivity contribution in [3.8, 4) is 0 Å². The number of hydrogen-bond donors (Lipinski definition) is 0. The normalized spacial score (nSPS) is 17.6. The molecule has 0 amide bonds. The average molecular weight is 303 g/mol. The zero-order chi connectivity index (χ0) is 12.3. The lowest BCUT2D eigenvalue weighted by Crippen LogP contribution is -2.44. The molecule has 0 nitrogen and oxygen atoms in total. The Morgan fingerprint density at radius 1 is 0.800 bits per heavy atom. The second-order valence-electron chi connectivity index (χ2n) is 6.15. The van der Waals surface area contributed by atoms with E-state index in [1.165, 1.54) is 0 Å². The molecule has 0 aliphatic rings. The molecule has 0 aromatic carbocycles. The van der Waals surface area contributed by atoms with E-state index in [0.29, 0.717) is 9.75 Å². The van der Waals surface area contributed by atoms with E-state index in [-0.39, 0.29) is 0 Å². The summed E-state index contributed by atoms with van der Waals surface area (Å²) in [6.45, 7) is 14.3. The van der Waals surface area contributed by atoms with E-state index in [0.717, 1.165) is 11.8 Å². The molecule has 0 rings (SSSR count). The van der Waals surface area contributed by atoms with Gasteiger partial charge in [-0.05, 0) is 0 Å². The standard InChI is InChI=1S/C10H24Cl2SSi2/c1-14(2,3)9(7-11)13-10(8-12)15(4,5)6/h9-10H,7-8H2,1-6H3. The smallest absolute Gasteiger partial charge is 0.0602 e. The fourth-order valence-electron chi connectivity index (χ4n) is 1.14. The highest BCUT2D eigenvalue weighted by molar-refractivity contribution is 8.04. The van der Waals surface area contributed by atoms with Crippen LogP contribution >= 0.6 is 35.0 Å². The maximum Gasteiger partial charge on any atom is 0.0602 e. The molecule has 0 aromatic heterocycles. The lowest BCUT2D eigenvalue weighted by Gasteiger charge is -2.34. The lowest BCUT2D eigenvalue weighted by molar-refractivity contribution is 1.24. The molecule has 0 spiro atoms. The summed E-state index contributed by atoms with van der Waals surface area (Å²) in [5, 5.41) is 0. The van der Waals surface area contributed by atoms with Crippen LogP contribution in [0.25, 0.3) is 0 Å². The van der Waals surface area contributed by atoms with Gasteiger partial charge in [0, 0.05) is 21.5 Å². The van der Waals surface area contributed by atoms with E-state index in [2.05, 4.69) is 51.0 Å². The van der Waals surface area contributed by atoms with E-state index in [1.54, 1.807) is 0 Å². The SMILES string of the molecule is C[Si](C)(C)C(CCl)SC(CCl)[Si](C)(C)C. The van der Waals surface area contributed by atoms with Gasteiger partial charge in [0.05, 0.1) is 16.1 Å². The Bertz CT molecular complexity index is 167. The summed E-state index contributed by atoms with van der Waals surface area (Å²) in [4.78, 5) is 1.27. The van der Waals surface area contributed by atoms with Gasteiger partial charge in [-0.1, -0.05) is 39.3 Å². The van der Waals surface area contributed by atoms with Crippen molar-refractivity contribution in [2.45, 2.75) is 49.0 Å².